The average molecular weight is 225 g/mol. The molecule has 3 heteroatoms. The van der Waals surface area contributed by atoms with Crippen LogP contribution in [-0.4, -0.2) is 37.1 Å². The largest absolute Gasteiger partial charge is 0.466 e. The van der Waals surface area contributed by atoms with E-state index in [4.69, 9.17) is 4.74 Å². The molecule has 1 aliphatic heterocycles. The number of rotatable bonds is 4. The Hall–Kier alpha value is -0.570. The Kier molecular flexibility index (Phi) is 4.22. The van der Waals surface area contributed by atoms with E-state index in [-0.39, 0.29) is 11.9 Å². The highest BCUT2D eigenvalue weighted by molar-refractivity contribution is 5.72. The molecule has 1 aliphatic carbocycles. The van der Waals surface area contributed by atoms with Gasteiger partial charge in [-0.15, -0.1) is 0 Å². The quantitative estimate of drug-likeness (QED) is 0.686. The first-order chi connectivity index (χ1) is 7.79. The maximum absolute atomic E-state index is 11.6. The molecule has 2 aliphatic rings. The van der Waals surface area contributed by atoms with Gasteiger partial charge in [-0.25, -0.2) is 0 Å². The fourth-order valence-corrected chi connectivity index (χ4v) is 2.65. The number of ether oxygens (including phenoxy) is 1. The summed E-state index contributed by atoms with van der Waals surface area (Å²) in [5.41, 5.74) is 0. The van der Waals surface area contributed by atoms with Crippen molar-refractivity contribution in [1.29, 1.82) is 0 Å². The van der Waals surface area contributed by atoms with E-state index in [1.54, 1.807) is 0 Å². The van der Waals surface area contributed by atoms with Gasteiger partial charge in [-0.3, -0.25) is 4.79 Å². The van der Waals surface area contributed by atoms with Gasteiger partial charge in [0, 0.05) is 6.54 Å². The van der Waals surface area contributed by atoms with Crippen molar-refractivity contribution in [2.75, 3.05) is 26.2 Å². The van der Waals surface area contributed by atoms with Crippen molar-refractivity contribution >= 4 is 5.97 Å². The highest BCUT2D eigenvalue weighted by Crippen LogP contribution is 2.28. The Morgan fingerprint density at radius 2 is 1.94 bits per heavy atom. The zero-order valence-electron chi connectivity index (χ0n) is 10.3. The molecule has 0 N–H and O–H groups in total. The maximum Gasteiger partial charge on any atom is 0.309 e. The smallest absolute Gasteiger partial charge is 0.309 e. The van der Waals surface area contributed by atoms with E-state index in [0.29, 0.717) is 6.61 Å². The van der Waals surface area contributed by atoms with Crippen molar-refractivity contribution in [3.63, 3.8) is 0 Å². The standard InChI is InChI=1S/C13H23NO2/c1-2-16-13(15)12-6-8-14(9-7-12)10-11-4-3-5-11/h11-12H,2-10H2,1H3. The van der Waals surface area contributed by atoms with Crippen LogP contribution in [0.4, 0.5) is 0 Å². The van der Waals surface area contributed by atoms with Crippen molar-refractivity contribution in [1.82, 2.24) is 4.90 Å². The van der Waals surface area contributed by atoms with Crippen LogP contribution in [0.1, 0.15) is 39.0 Å². The molecule has 0 radical (unpaired) electrons. The summed E-state index contributed by atoms with van der Waals surface area (Å²) >= 11 is 0. The molecule has 0 bridgehead atoms. The molecule has 3 nitrogen and oxygen atoms in total. The monoisotopic (exact) mass is 225 g/mol. The zero-order valence-corrected chi connectivity index (χ0v) is 10.3. The molecule has 0 unspecified atom stereocenters. The fourth-order valence-electron chi connectivity index (χ4n) is 2.65. The predicted octanol–water partition coefficient (Wildman–Crippen LogP) is 2.06. The number of hydrogen-bond acceptors (Lipinski definition) is 3. The summed E-state index contributed by atoms with van der Waals surface area (Å²) in [6, 6.07) is 0. The van der Waals surface area contributed by atoms with E-state index in [1.807, 2.05) is 6.92 Å². The minimum absolute atomic E-state index is 0.0193. The summed E-state index contributed by atoms with van der Waals surface area (Å²) in [7, 11) is 0. The first kappa shape index (κ1) is 11.9. The summed E-state index contributed by atoms with van der Waals surface area (Å²) < 4.78 is 5.07. The van der Waals surface area contributed by atoms with Crippen LogP contribution in [0.3, 0.4) is 0 Å². The van der Waals surface area contributed by atoms with Crippen molar-refractivity contribution < 1.29 is 9.53 Å². The van der Waals surface area contributed by atoms with Gasteiger partial charge in [0.2, 0.25) is 0 Å². The van der Waals surface area contributed by atoms with Gasteiger partial charge >= 0.3 is 5.97 Å². The second-order valence-corrected chi connectivity index (χ2v) is 5.12. The summed E-state index contributed by atoms with van der Waals surface area (Å²) in [5.74, 6) is 1.13. The second-order valence-electron chi connectivity index (χ2n) is 5.12. The first-order valence-electron chi connectivity index (χ1n) is 6.68. The maximum atomic E-state index is 11.6. The summed E-state index contributed by atoms with van der Waals surface area (Å²) in [5, 5.41) is 0. The molecule has 2 rings (SSSR count). The Morgan fingerprint density at radius 1 is 1.25 bits per heavy atom. The highest BCUT2D eigenvalue weighted by Gasteiger charge is 2.28. The van der Waals surface area contributed by atoms with Crippen LogP contribution in [0.15, 0.2) is 0 Å². The van der Waals surface area contributed by atoms with Crippen LogP contribution in [0.5, 0.6) is 0 Å². The molecular weight excluding hydrogens is 202 g/mol. The van der Waals surface area contributed by atoms with Crippen LogP contribution in [0.25, 0.3) is 0 Å². The predicted molar refractivity (Wildman–Crippen MR) is 63.1 cm³/mol. The van der Waals surface area contributed by atoms with Gasteiger partial charge in [-0.05, 0) is 51.6 Å². The lowest BCUT2D eigenvalue weighted by Gasteiger charge is -2.36. The van der Waals surface area contributed by atoms with Gasteiger partial charge in [0.05, 0.1) is 12.5 Å². The van der Waals surface area contributed by atoms with E-state index < -0.39 is 0 Å². The van der Waals surface area contributed by atoms with Crippen molar-refractivity contribution in [2.24, 2.45) is 11.8 Å². The van der Waals surface area contributed by atoms with Crippen LogP contribution < -0.4 is 0 Å². The topological polar surface area (TPSA) is 29.5 Å². The Balaban J connectivity index is 1.67. The first-order valence-corrected chi connectivity index (χ1v) is 6.68. The number of carbonyl (C=O) groups excluding carboxylic acids is 1. The van der Waals surface area contributed by atoms with Gasteiger partial charge in [0.1, 0.15) is 0 Å². The zero-order chi connectivity index (χ0) is 11.4. The van der Waals surface area contributed by atoms with E-state index in [1.165, 1.54) is 25.8 Å². The number of hydrogen-bond donors (Lipinski definition) is 0. The third-order valence-corrected chi connectivity index (χ3v) is 3.95. The number of carbonyl (C=O) groups is 1. The van der Waals surface area contributed by atoms with Gasteiger partial charge in [0.25, 0.3) is 0 Å². The lowest BCUT2D eigenvalue weighted by Crippen LogP contribution is -2.40. The number of piperidine rings is 1. The Labute approximate surface area is 98.1 Å². The lowest BCUT2D eigenvalue weighted by atomic mass is 9.84. The third-order valence-electron chi connectivity index (χ3n) is 3.95. The van der Waals surface area contributed by atoms with Gasteiger partial charge in [-0.2, -0.15) is 0 Å². The minimum atomic E-state index is 0.0193. The molecule has 0 atom stereocenters. The van der Waals surface area contributed by atoms with Gasteiger partial charge in [-0.1, -0.05) is 6.42 Å². The molecule has 0 spiro atoms. The van der Waals surface area contributed by atoms with E-state index in [0.717, 1.165) is 31.8 Å². The van der Waals surface area contributed by atoms with Gasteiger partial charge < -0.3 is 9.64 Å². The molecule has 1 saturated heterocycles. The van der Waals surface area contributed by atoms with E-state index in [9.17, 15) is 4.79 Å². The minimum Gasteiger partial charge on any atom is -0.466 e. The van der Waals surface area contributed by atoms with Crippen molar-refractivity contribution in [3.05, 3.63) is 0 Å². The number of nitrogens with zero attached hydrogens (tertiary/aromatic N) is 1. The number of esters is 1. The Morgan fingerprint density at radius 3 is 2.44 bits per heavy atom. The number of likely N-dealkylation sites (tertiary alicyclic amines) is 1. The summed E-state index contributed by atoms with van der Waals surface area (Å²) in [6.07, 6.45) is 6.23. The molecule has 1 heterocycles. The molecule has 0 amide bonds. The average Bonchev–Trinajstić information content (AvgIpc) is 2.25. The van der Waals surface area contributed by atoms with Gasteiger partial charge in [0.15, 0.2) is 0 Å². The second kappa shape index (κ2) is 5.67. The van der Waals surface area contributed by atoms with E-state index in [2.05, 4.69) is 4.90 Å². The van der Waals surface area contributed by atoms with Crippen LogP contribution in [0, 0.1) is 11.8 Å². The van der Waals surface area contributed by atoms with Crippen molar-refractivity contribution in [2.45, 2.75) is 39.0 Å². The normalized spacial score (nSPS) is 24.1. The SMILES string of the molecule is CCOC(=O)C1CCN(CC2CCC2)CC1. The fraction of sp³-hybridized carbons (Fsp3) is 0.923. The van der Waals surface area contributed by atoms with Crippen LogP contribution in [0.2, 0.25) is 0 Å². The third kappa shape index (κ3) is 2.97. The van der Waals surface area contributed by atoms with Crippen LogP contribution in [-0.2, 0) is 9.53 Å². The molecule has 0 aromatic heterocycles. The van der Waals surface area contributed by atoms with E-state index >= 15 is 0 Å². The lowest BCUT2D eigenvalue weighted by molar-refractivity contribution is -0.149. The molecular formula is C13H23NO2. The summed E-state index contributed by atoms with van der Waals surface area (Å²) in [6.45, 7) is 5.82. The molecule has 92 valence electrons. The Bertz CT molecular complexity index is 230. The molecule has 0 aromatic carbocycles. The summed E-state index contributed by atoms with van der Waals surface area (Å²) in [4.78, 5) is 14.1. The molecule has 2 fully saturated rings. The van der Waals surface area contributed by atoms with Crippen LogP contribution >= 0.6 is 0 Å². The molecule has 16 heavy (non-hydrogen) atoms. The molecule has 0 aromatic rings. The highest BCUT2D eigenvalue weighted by atomic mass is 16.5. The van der Waals surface area contributed by atoms with Crippen molar-refractivity contribution in [3.8, 4) is 0 Å². The molecule has 1 saturated carbocycles.